The lowest BCUT2D eigenvalue weighted by Crippen LogP contribution is -2.43. The molecule has 0 radical (unpaired) electrons. The van der Waals surface area contributed by atoms with Gasteiger partial charge in [0.05, 0.1) is 42.3 Å². The Hall–Kier alpha value is -0.640. The Bertz CT molecular complexity index is 322. The molecule has 0 fully saturated rings. The fourth-order valence-electron chi connectivity index (χ4n) is 1.78. The summed E-state index contributed by atoms with van der Waals surface area (Å²) >= 11 is 0. The molecule has 0 saturated carbocycles. The molecular weight excluding hydrogens is 363 g/mol. The van der Waals surface area contributed by atoms with E-state index < -0.39 is 24.1 Å². The Balaban J connectivity index is -0.000000154. The molecule has 2 N–H and O–H groups in total. The van der Waals surface area contributed by atoms with Gasteiger partial charge in [-0.3, -0.25) is 0 Å². The first-order valence-electron chi connectivity index (χ1n) is 6.99. The third-order valence-corrected chi connectivity index (χ3v) is 2.32. The van der Waals surface area contributed by atoms with Crippen LogP contribution in [0, 0.1) is 0 Å². The fourth-order valence-corrected chi connectivity index (χ4v) is 1.78. The number of hydrogen-bond acceptors (Lipinski definition) is 6. The lowest BCUT2D eigenvalue weighted by Gasteiger charge is -2.26. The molecule has 0 spiro atoms. The van der Waals surface area contributed by atoms with Crippen molar-refractivity contribution in [1.29, 1.82) is 0 Å². The molecule has 24 heavy (non-hydrogen) atoms. The molecule has 0 rings (SSSR count). The lowest BCUT2D eigenvalue weighted by molar-refractivity contribution is -0.873. The van der Waals surface area contributed by atoms with Crippen molar-refractivity contribution in [2.24, 2.45) is 0 Å². The number of carbonyl (C=O) groups is 2. The summed E-state index contributed by atoms with van der Waals surface area (Å²) in [5.74, 6) is -2.41. The minimum Gasteiger partial charge on any atom is -0.550 e. The van der Waals surface area contributed by atoms with Gasteiger partial charge in [-0.05, 0) is 0 Å². The molecule has 0 amide bonds. The van der Waals surface area contributed by atoms with Crippen LogP contribution in [-0.2, 0) is 9.59 Å². The van der Waals surface area contributed by atoms with Crippen LogP contribution in [0.1, 0.15) is 12.8 Å². The summed E-state index contributed by atoms with van der Waals surface area (Å²) in [6.45, 7) is 0.849. The number of hydrogen-bond donors (Lipinski definition) is 2. The van der Waals surface area contributed by atoms with E-state index in [0.29, 0.717) is 22.1 Å². The molecule has 2 atom stereocenters. The second-order valence-electron chi connectivity index (χ2n) is 7.41. The number of likely N-dealkylation sites (N-methyl/N-ethyl adjacent to an activating group) is 2. The van der Waals surface area contributed by atoms with Gasteiger partial charge in [0.2, 0.25) is 0 Å². The smallest absolute Gasteiger partial charge is 0.108 e. The highest BCUT2D eigenvalue weighted by molar-refractivity contribution is 5.85. The van der Waals surface area contributed by atoms with Gasteiger partial charge in [-0.1, -0.05) is 0 Å². The maximum absolute atomic E-state index is 10.0. The zero-order valence-corrected chi connectivity index (χ0v) is 16.9. The molecule has 0 aliphatic rings. The van der Waals surface area contributed by atoms with Gasteiger partial charge >= 0.3 is 0 Å². The Morgan fingerprint density at radius 1 is 0.750 bits per heavy atom. The summed E-state index contributed by atoms with van der Waals surface area (Å²) in [4.78, 5) is 20.0. The Morgan fingerprint density at radius 3 is 1.08 bits per heavy atom. The molecular formula is C14H32Cl2N2O6. The summed E-state index contributed by atoms with van der Waals surface area (Å²) in [6, 6.07) is 0. The molecule has 0 aromatic carbocycles. The van der Waals surface area contributed by atoms with E-state index in [2.05, 4.69) is 0 Å². The van der Waals surface area contributed by atoms with Gasteiger partial charge in [-0.25, -0.2) is 0 Å². The summed E-state index contributed by atoms with van der Waals surface area (Å²) in [5, 5.41) is 38.3. The highest BCUT2D eigenvalue weighted by Crippen LogP contribution is 1.98. The highest BCUT2D eigenvalue weighted by atomic mass is 35.5. The number of carbonyl (C=O) groups excluding carboxylic acids is 2. The van der Waals surface area contributed by atoms with Gasteiger partial charge in [-0.2, -0.15) is 0 Å². The van der Waals surface area contributed by atoms with Crippen molar-refractivity contribution < 1.29 is 39.0 Å². The van der Waals surface area contributed by atoms with Crippen LogP contribution in [0.4, 0.5) is 0 Å². The highest BCUT2D eigenvalue weighted by Gasteiger charge is 2.15. The maximum Gasteiger partial charge on any atom is 0.108 e. The molecule has 0 bridgehead atoms. The number of carboxylic acid groups (broad SMARTS) is 2. The van der Waals surface area contributed by atoms with Crippen LogP contribution in [0.25, 0.3) is 0 Å². The van der Waals surface area contributed by atoms with Crippen molar-refractivity contribution in [3.63, 3.8) is 0 Å². The summed E-state index contributed by atoms with van der Waals surface area (Å²) in [7, 11) is 11.3. The molecule has 0 aliphatic heterocycles. The molecule has 10 heteroatoms. The molecule has 2 unspecified atom stereocenters. The number of aliphatic hydroxyl groups excluding tert-OH is 2. The quantitative estimate of drug-likeness (QED) is 0.430. The van der Waals surface area contributed by atoms with E-state index in [1.54, 1.807) is 0 Å². The number of carboxylic acids is 2. The molecule has 0 aliphatic carbocycles. The predicted octanol–water partition coefficient (Wildman–Crippen LogP) is -2.77. The van der Waals surface area contributed by atoms with Gasteiger partial charge in [0.25, 0.3) is 0 Å². The van der Waals surface area contributed by atoms with Crippen molar-refractivity contribution in [2.75, 3.05) is 55.4 Å². The predicted molar refractivity (Wildman–Crippen MR) is 91.6 cm³/mol. The van der Waals surface area contributed by atoms with Crippen molar-refractivity contribution >= 4 is 36.8 Å². The third kappa shape index (κ3) is 29.4. The molecule has 0 aromatic rings. The Kier molecular flexibility index (Phi) is 17.7. The SMILES string of the molecule is C[N+](C)(C)CC(O)CC(=O)[O-].C[N+](C)(C)CC(O)CC(=O)[O-].Cl.Cl. The van der Waals surface area contributed by atoms with Gasteiger partial charge in [-0.15, -0.1) is 24.8 Å². The van der Waals surface area contributed by atoms with Crippen LogP contribution in [-0.4, -0.2) is 98.7 Å². The van der Waals surface area contributed by atoms with Gasteiger partial charge in [0.1, 0.15) is 25.3 Å². The zero-order valence-electron chi connectivity index (χ0n) is 15.2. The second kappa shape index (κ2) is 13.6. The minimum atomic E-state index is -1.20. The largest absolute Gasteiger partial charge is 0.550 e. The first kappa shape index (κ1) is 31.2. The molecule has 0 aromatic heterocycles. The summed E-state index contributed by atoms with van der Waals surface area (Å²) in [6.07, 6.45) is -2.18. The van der Waals surface area contributed by atoms with E-state index in [-0.39, 0.29) is 37.7 Å². The average Bonchev–Trinajstić information content (AvgIpc) is 2.07. The third-order valence-electron chi connectivity index (χ3n) is 2.32. The van der Waals surface area contributed by atoms with Crippen LogP contribution < -0.4 is 10.2 Å². The normalized spacial score (nSPS) is 13.3. The zero-order chi connectivity index (χ0) is 18.1. The molecule has 148 valence electrons. The molecule has 8 nitrogen and oxygen atoms in total. The van der Waals surface area contributed by atoms with E-state index in [9.17, 15) is 19.8 Å². The van der Waals surface area contributed by atoms with Crippen molar-refractivity contribution in [1.82, 2.24) is 0 Å². The monoisotopic (exact) mass is 394 g/mol. The van der Waals surface area contributed by atoms with E-state index in [0.717, 1.165) is 0 Å². The first-order chi connectivity index (χ1) is 9.62. The average molecular weight is 395 g/mol. The topological polar surface area (TPSA) is 121 Å². The number of halogens is 2. The van der Waals surface area contributed by atoms with Crippen LogP contribution >= 0.6 is 24.8 Å². The first-order valence-corrected chi connectivity index (χ1v) is 6.99. The van der Waals surface area contributed by atoms with E-state index in [1.807, 2.05) is 42.3 Å². The number of aliphatic carboxylic acids is 2. The fraction of sp³-hybridized carbons (Fsp3) is 0.857. The van der Waals surface area contributed by atoms with Crippen LogP contribution in [0.5, 0.6) is 0 Å². The number of aliphatic hydroxyl groups is 2. The van der Waals surface area contributed by atoms with E-state index >= 15 is 0 Å². The van der Waals surface area contributed by atoms with E-state index in [4.69, 9.17) is 10.2 Å². The van der Waals surface area contributed by atoms with E-state index in [1.165, 1.54) is 0 Å². The Morgan fingerprint density at radius 2 is 0.958 bits per heavy atom. The molecule has 0 saturated heterocycles. The minimum absolute atomic E-state index is 0. The van der Waals surface area contributed by atoms with Crippen molar-refractivity contribution in [3.05, 3.63) is 0 Å². The van der Waals surface area contributed by atoms with Gasteiger partial charge in [0.15, 0.2) is 0 Å². The van der Waals surface area contributed by atoms with Crippen LogP contribution in [0.15, 0.2) is 0 Å². The standard InChI is InChI=1S/2C7H15NO3.2ClH/c2*1-8(2,3)5-6(9)4-7(10)11;;/h2*6,9H,4-5H2,1-3H3;2*1H. The lowest BCUT2D eigenvalue weighted by atomic mass is 10.2. The Labute approximate surface area is 156 Å². The summed E-state index contributed by atoms with van der Waals surface area (Å²) in [5.41, 5.74) is 0. The molecule has 0 heterocycles. The van der Waals surface area contributed by atoms with Gasteiger partial charge < -0.3 is 39.0 Å². The van der Waals surface area contributed by atoms with Crippen LogP contribution in [0.2, 0.25) is 0 Å². The van der Waals surface area contributed by atoms with Crippen molar-refractivity contribution in [2.45, 2.75) is 25.0 Å². The van der Waals surface area contributed by atoms with Gasteiger partial charge in [0, 0.05) is 24.8 Å². The number of quaternary nitrogens is 2. The maximum atomic E-state index is 10.0. The number of nitrogens with zero attached hydrogens (tertiary/aromatic N) is 2. The summed E-state index contributed by atoms with van der Waals surface area (Å²) < 4.78 is 1.10. The second-order valence-corrected chi connectivity index (χ2v) is 7.41. The van der Waals surface area contributed by atoms with Crippen LogP contribution in [0.3, 0.4) is 0 Å². The number of rotatable bonds is 8. The van der Waals surface area contributed by atoms with Crippen molar-refractivity contribution in [3.8, 4) is 0 Å².